The molecule has 3 rings (SSSR count). The van der Waals surface area contributed by atoms with E-state index in [0.29, 0.717) is 12.4 Å². The van der Waals surface area contributed by atoms with Crippen molar-refractivity contribution in [1.82, 2.24) is 4.98 Å². The maximum atomic E-state index is 12.8. The van der Waals surface area contributed by atoms with Crippen LogP contribution >= 0.6 is 0 Å². The lowest BCUT2D eigenvalue weighted by Crippen LogP contribution is -1.99. The normalized spacial score (nSPS) is 10.6. The minimum Gasteiger partial charge on any atom is -0.444 e. The van der Waals surface area contributed by atoms with Gasteiger partial charge in [-0.3, -0.25) is 0 Å². The number of oxazole rings is 1. The molecule has 0 aliphatic carbocycles. The van der Waals surface area contributed by atoms with Gasteiger partial charge in [-0.2, -0.15) is 0 Å². The zero-order valence-electron chi connectivity index (χ0n) is 11.6. The highest BCUT2D eigenvalue weighted by atomic mass is 19.1. The fraction of sp³-hybridized carbons (Fsp3) is 0.118. The first-order valence-corrected chi connectivity index (χ1v) is 6.71. The van der Waals surface area contributed by atoms with Crippen molar-refractivity contribution < 1.29 is 8.81 Å². The van der Waals surface area contributed by atoms with Gasteiger partial charge in [-0.1, -0.05) is 17.7 Å². The van der Waals surface area contributed by atoms with Crippen LogP contribution in [-0.2, 0) is 6.54 Å². The number of aryl methyl sites for hydroxylation is 1. The van der Waals surface area contributed by atoms with Crippen molar-refractivity contribution in [1.29, 1.82) is 0 Å². The summed E-state index contributed by atoms with van der Waals surface area (Å²) in [4.78, 5) is 4.45. The number of halogens is 1. The molecule has 3 aromatic rings. The minimum absolute atomic E-state index is 0.247. The van der Waals surface area contributed by atoms with Crippen molar-refractivity contribution in [3.8, 4) is 11.5 Å². The summed E-state index contributed by atoms with van der Waals surface area (Å²) in [5.74, 6) is 0.360. The molecule has 0 atom stereocenters. The predicted octanol–water partition coefficient (Wildman–Crippen LogP) is 4.40. The van der Waals surface area contributed by atoms with Gasteiger partial charge in [0.2, 0.25) is 5.89 Å². The van der Waals surface area contributed by atoms with Crippen LogP contribution in [0.4, 0.5) is 10.1 Å². The Morgan fingerprint density at radius 2 is 1.95 bits per heavy atom. The Hall–Kier alpha value is -2.62. The summed E-state index contributed by atoms with van der Waals surface area (Å²) in [5, 5.41) is 3.18. The molecule has 0 radical (unpaired) electrons. The Morgan fingerprint density at radius 3 is 2.71 bits per heavy atom. The van der Waals surface area contributed by atoms with E-state index in [1.807, 2.05) is 31.2 Å². The van der Waals surface area contributed by atoms with Gasteiger partial charge in [-0.15, -0.1) is 0 Å². The molecular formula is C17H15FN2O. The summed E-state index contributed by atoms with van der Waals surface area (Å²) in [7, 11) is 0. The first-order valence-electron chi connectivity index (χ1n) is 6.71. The second kappa shape index (κ2) is 5.79. The molecule has 1 aromatic heterocycles. The van der Waals surface area contributed by atoms with Gasteiger partial charge in [-0.25, -0.2) is 9.37 Å². The zero-order chi connectivity index (χ0) is 14.7. The lowest BCUT2D eigenvalue weighted by atomic mass is 10.1. The van der Waals surface area contributed by atoms with E-state index >= 15 is 0 Å². The first-order chi connectivity index (χ1) is 10.2. The maximum absolute atomic E-state index is 12.8. The predicted molar refractivity (Wildman–Crippen MR) is 80.4 cm³/mol. The molecule has 0 aliphatic heterocycles. The summed E-state index contributed by atoms with van der Waals surface area (Å²) >= 11 is 0. The Labute approximate surface area is 122 Å². The van der Waals surface area contributed by atoms with Crippen LogP contribution in [0.5, 0.6) is 0 Å². The second-order valence-corrected chi connectivity index (χ2v) is 4.87. The lowest BCUT2D eigenvalue weighted by Gasteiger charge is -2.03. The van der Waals surface area contributed by atoms with Crippen LogP contribution in [0.25, 0.3) is 11.5 Å². The Balaban J connectivity index is 1.69. The summed E-state index contributed by atoms with van der Waals surface area (Å²) < 4.78 is 18.3. The standard InChI is InChI=1S/C17H15FN2O/c1-12-3-2-4-13(9-12)17-20-16(11-21-17)10-19-15-7-5-14(18)6-8-15/h2-9,11,19H,10H2,1H3. The molecule has 21 heavy (non-hydrogen) atoms. The number of rotatable bonds is 4. The first kappa shape index (κ1) is 13.4. The van der Waals surface area contributed by atoms with Crippen LogP contribution in [-0.4, -0.2) is 4.98 Å². The van der Waals surface area contributed by atoms with Crippen LogP contribution in [0.1, 0.15) is 11.3 Å². The molecule has 0 aliphatic rings. The summed E-state index contributed by atoms with van der Waals surface area (Å²) in [6.07, 6.45) is 1.63. The van der Waals surface area contributed by atoms with Gasteiger partial charge in [0.1, 0.15) is 12.1 Å². The van der Waals surface area contributed by atoms with Gasteiger partial charge in [0.15, 0.2) is 0 Å². The molecule has 4 heteroatoms. The third-order valence-corrected chi connectivity index (χ3v) is 3.13. The van der Waals surface area contributed by atoms with Gasteiger partial charge >= 0.3 is 0 Å². The molecule has 106 valence electrons. The minimum atomic E-state index is -0.247. The van der Waals surface area contributed by atoms with Gasteiger partial charge < -0.3 is 9.73 Å². The molecule has 0 spiro atoms. The van der Waals surface area contributed by atoms with Crippen LogP contribution in [0.2, 0.25) is 0 Å². The van der Waals surface area contributed by atoms with Crippen molar-refractivity contribution in [3.05, 3.63) is 71.9 Å². The zero-order valence-corrected chi connectivity index (χ0v) is 11.6. The number of nitrogens with zero attached hydrogens (tertiary/aromatic N) is 1. The molecule has 0 amide bonds. The molecule has 1 N–H and O–H groups in total. The Morgan fingerprint density at radius 1 is 1.14 bits per heavy atom. The van der Waals surface area contributed by atoms with Crippen molar-refractivity contribution >= 4 is 5.69 Å². The molecule has 0 fully saturated rings. The van der Waals surface area contributed by atoms with E-state index in [9.17, 15) is 4.39 Å². The van der Waals surface area contributed by atoms with Crippen LogP contribution in [0.15, 0.2) is 59.2 Å². The third-order valence-electron chi connectivity index (χ3n) is 3.13. The highest BCUT2D eigenvalue weighted by Gasteiger charge is 2.06. The van der Waals surface area contributed by atoms with E-state index in [2.05, 4.69) is 10.3 Å². The third kappa shape index (κ3) is 3.28. The van der Waals surface area contributed by atoms with E-state index < -0.39 is 0 Å². The summed E-state index contributed by atoms with van der Waals surface area (Å²) in [5.41, 5.74) is 3.77. The molecule has 0 saturated carbocycles. The molecule has 0 saturated heterocycles. The molecule has 0 unspecified atom stereocenters. The number of nitrogens with one attached hydrogen (secondary N) is 1. The second-order valence-electron chi connectivity index (χ2n) is 4.87. The fourth-order valence-electron chi connectivity index (χ4n) is 2.06. The lowest BCUT2D eigenvalue weighted by molar-refractivity contribution is 0.573. The molecule has 2 aromatic carbocycles. The van der Waals surface area contributed by atoms with E-state index in [4.69, 9.17) is 4.42 Å². The van der Waals surface area contributed by atoms with E-state index in [-0.39, 0.29) is 5.82 Å². The van der Waals surface area contributed by atoms with Crippen molar-refractivity contribution in [2.75, 3.05) is 5.32 Å². The van der Waals surface area contributed by atoms with Crippen molar-refractivity contribution in [3.63, 3.8) is 0 Å². The smallest absolute Gasteiger partial charge is 0.226 e. The maximum Gasteiger partial charge on any atom is 0.226 e. The van der Waals surface area contributed by atoms with Gasteiger partial charge in [0.05, 0.1) is 12.2 Å². The summed E-state index contributed by atoms with van der Waals surface area (Å²) in [6, 6.07) is 14.2. The van der Waals surface area contributed by atoms with Crippen molar-refractivity contribution in [2.45, 2.75) is 13.5 Å². The van der Waals surface area contributed by atoms with Crippen LogP contribution in [0, 0.1) is 12.7 Å². The Bertz CT molecular complexity index is 735. The number of hydrogen-bond acceptors (Lipinski definition) is 3. The van der Waals surface area contributed by atoms with Crippen LogP contribution < -0.4 is 5.32 Å². The molecule has 0 bridgehead atoms. The highest BCUT2D eigenvalue weighted by Crippen LogP contribution is 2.20. The van der Waals surface area contributed by atoms with E-state index in [1.165, 1.54) is 12.1 Å². The van der Waals surface area contributed by atoms with Crippen molar-refractivity contribution in [2.24, 2.45) is 0 Å². The molecule has 1 heterocycles. The number of hydrogen-bond donors (Lipinski definition) is 1. The Kier molecular flexibility index (Phi) is 3.69. The van der Waals surface area contributed by atoms with Gasteiger partial charge in [-0.05, 0) is 43.3 Å². The highest BCUT2D eigenvalue weighted by molar-refractivity contribution is 5.54. The topological polar surface area (TPSA) is 38.1 Å². The monoisotopic (exact) mass is 282 g/mol. The van der Waals surface area contributed by atoms with Gasteiger partial charge in [0, 0.05) is 11.3 Å². The van der Waals surface area contributed by atoms with Crippen LogP contribution in [0.3, 0.4) is 0 Å². The number of anilines is 1. The average Bonchev–Trinajstić information content (AvgIpc) is 2.96. The molecular weight excluding hydrogens is 267 g/mol. The average molecular weight is 282 g/mol. The quantitative estimate of drug-likeness (QED) is 0.770. The van der Waals surface area contributed by atoms with E-state index in [1.54, 1.807) is 18.4 Å². The number of aromatic nitrogens is 1. The SMILES string of the molecule is Cc1cccc(-c2nc(CNc3ccc(F)cc3)co2)c1. The fourth-order valence-corrected chi connectivity index (χ4v) is 2.06. The summed E-state index contributed by atoms with van der Waals surface area (Å²) in [6.45, 7) is 2.56. The number of benzene rings is 2. The van der Waals surface area contributed by atoms with E-state index in [0.717, 1.165) is 22.5 Å². The van der Waals surface area contributed by atoms with Gasteiger partial charge in [0.25, 0.3) is 0 Å². The largest absolute Gasteiger partial charge is 0.444 e. The molecule has 3 nitrogen and oxygen atoms in total.